The summed E-state index contributed by atoms with van der Waals surface area (Å²) in [5.74, 6) is -1.48. The first-order chi connectivity index (χ1) is 7.47. The van der Waals surface area contributed by atoms with Gasteiger partial charge in [-0.25, -0.2) is 4.79 Å². The lowest BCUT2D eigenvalue weighted by atomic mass is 10.2. The first kappa shape index (κ1) is 12.2. The minimum absolute atomic E-state index is 0.125. The van der Waals surface area contributed by atoms with Crippen LogP contribution in [0.15, 0.2) is 4.52 Å². The SMILES string of the molecule is CCC(C(=O)O)N(C)C(=O)c1noc(C)n1. The van der Waals surface area contributed by atoms with Gasteiger partial charge in [0.25, 0.3) is 11.7 Å². The second-order valence-electron chi connectivity index (χ2n) is 3.32. The lowest BCUT2D eigenvalue weighted by molar-refractivity contribution is -0.142. The van der Waals surface area contributed by atoms with E-state index in [-0.39, 0.29) is 11.7 Å². The van der Waals surface area contributed by atoms with E-state index >= 15 is 0 Å². The van der Waals surface area contributed by atoms with Crippen molar-refractivity contribution in [3.63, 3.8) is 0 Å². The Balaban J connectivity index is 2.85. The number of aromatic nitrogens is 2. The Hall–Kier alpha value is -1.92. The summed E-state index contributed by atoms with van der Waals surface area (Å²) in [6, 6.07) is -0.883. The molecule has 0 aliphatic rings. The molecule has 88 valence electrons. The summed E-state index contributed by atoms with van der Waals surface area (Å²) in [6.07, 6.45) is 0.314. The van der Waals surface area contributed by atoms with Crippen LogP contribution in [-0.2, 0) is 4.79 Å². The van der Waals surface area contributed by atoms with Gasteiger partial charge in [-0.3, -0.25) is 4.79 Å². The van der Waals surface area contributed by atoms with Crippen molar-refractivity contribution in [3.05, 3.63) is 11.7 Å². The van der Waals surface area contributed by atoms with Crippen LogP contribution >= 0.6 is 0 Å². The molecule has 7 nitrogen and oxygen atoms in total. The summed E-state index contributed by atoms with van der Waals surface area (Å²) in [5.41, 5.74) is 0. The van der Waals surface area contributed by atoms with Crippen LogP contribution in [-0.4, -0.2) is 45.1 Å². The van der Waals surface area contributed by atoms with Crippen LogP contribution in [0.2, 0.25) is 0 Å². The van der Waals surface area contributed by atoms with Gasteiger partial charge in [0, 0.05) is 14.0 Å². The fourth-order valence-electron chi connectivity index (χ4n) is 1.30. The highest BCUT2D eigenvalue weighted by molar-refractivity contribution is 5.93. The van der Waals surface area contributed by atoms with E-state index in [1.165, 1.54) is 7.05 Å². The fourth-order valence-corrected chi connectivity index (χ4v) is 1.30. The molecule has 0 aliphatic carbocycles. The molecule has 7 heteroatoms. The van der Waals surface area contributed by atoms with Crippen LogP contribution < -0.4 is 0 Å². The molecule has 1 heterocycles. The largest absolute Gasteiger partial charge is 0.480 e. The molecule has 1 aromatic rings. The maximum atomic E-state index is 11.7. The predicted octanol–water partition coefficient (Wildman–Crippen LogP) is 0.313. The third kappa shape index (κ3) is 2.36. The Morgan fingerprint density at radius 3 is 2.56 bits per heavy atom. The van der Waals surface area contributed by atoms with Crippen molar-refractivity contribution in [1.29, 1.82) is 0 Å². The zero-order chi connectivity index (χ0) is 12.3. The van der Waals surface area contributed by atoms with Crippen molar-refractivity contribution < 1.29 is 19.2 Å². The first-order valence-corrected chi connectivity index (χ1v) is 4.77. The average molecular weight is 227 g/mol. The Labute approximate surface area is 92.0 Å². The number of aliphatic carboxylic acids is 1. The van der Waals surface area contributed by atoms with Crippen LogP contribution in [0.25, 0.3) is 0 Å². The number of likely N-dealkylation sites (N-methyl/N-ethyl adjacent to an activating group) is 1. The highest BCUT2D eigenvalue weighted by atomic mass is 16.5. The maximum Gasteiger partial charge on any atom is 0.326 e. The van der Waals surface area contributed by atoms with Crippen molar-refractivity contribution in [3.8, 4) is 0 Å². The van der Waals surface area contributed by atoms with Crippen molar-refractivity contribution in [1.82, 2.24) is 15.0 Å². The molecule has 1 amide bonds. The zero-order valence-electron chi connectivity index (χ0n) is 9.30. The third-order valence-electron chi connectivity index (χ3n) is 2.18. The molecule has 1 N–H and O–H groups in total. The van der Waals surface area contributed by atoms with Crippen molar-refractivity contribution >= 4 is 11.9 Å². The lowest BCUT2D eigenvalue weighted by Crippen LogP contribution is -2.42. The van der Waals surface area contributed by atoms with Gasteiger partial charge in [0.15, 0.2) is 0 Å². The number of hydrogen-bond donors (Lipinski definition) is 1. The van der Waals surface area contributed by atoms with Gasteiger partial charge >= 0.3 is 5.97 Å². The number of carbonyl (C=O) groups excluding carboxylic acids is 1. The van der Waals surface area contributed by atoms with Crippen LogP contribution in [0.1, 0.15) is 29.9 Å². The number of carboxylic acids is 1. The van der Waals surface area contributed by atoms with Gasteiger partial charge in [0.05, 0.1) is 0 Å². The van der Waals surface area contributed by atoms with E-state index in [0.29, 0.717) is 6.42 Å². The van der Waals surface area contributed by atoms with E-state index in [9.17, 15) is 9.59 Å². The van der Waals surface area contributed by atoms with E-state index in [1.807, 2.05) is 0 Å². The van der Waals surface area contributed by atoms with E-state index in [2.05, 4.69) is 14.7 Å². The van der Waals surface area contributed by atoms with Gasteiger partial charge < -0.3 is 14.5 Å². The molecule has 16 heavy (non-hydrogen) atoms. The maximum absolute atomic E-state index is 11.7. The fraction of sp³-hybridized carbons (Fsp3) is 0.556. The summed E-state index contributed by atoms with van der Waals surface area (Å²) >= 11 is 0. The van der Waals surface area contributed by atoms with Gasteiger partial charge in [-0.2, -0.15) is 4.98 Å². The second-order valence-corrected chi connectivity index (χ2v) is 3.32. The number of rotatable bonds is 4. The van der Waals surface area contributed by atoms with Gasteiger partial charge in [-0.1, -0.05) is 12.1 Å². The van der Waals surface area contributed by atoms with Crippen LogP contribution in [0, 0.1) is 6.92 Å². The smallest absolute Gasteiger partial charge is 0.326 e. The number of amides is 1. The molecular formula is C9H13N3O4. The number of nitrogens with zero attached hydrogens (tertiary/aromatic N) is 3. The zero-order valence-corrected chi connectivity index (χ0v) is 9.30. The average Bonchev–Trinajstić information content (AvgIpc) is 2.64. The van der Waals surface area contributed by atoms with E-state index in [0.717, 1.165) is 4.90 Å². The molecule has 0 bridgehead atoms. The molecule has 0 fully saturated rings. The Morgan fingerprint density at radius 1 is 1.56 bits per heavy atom. The van der Waals surface area contributed by atoms with Gasteiger partial charge in [0.2, 0.25) is 5.89 Å². The Morgan fingerprint density at radius 2 is 2.19 bits per heavy atom. The Kier molecular flexibility index (Phi) is 3.60. The van der Waals surface area contributed by atoms with Gasteiger partial charge in [-0.15, -0.1) is 0 Å². The first-order valence-electron chi connectivity index (χ1n) is 4.77. The molecule has 1 atom stereocenters. The molecule has 0 saturated heterocycles. The number of carbonyl (C=O) groups is 2. The van der Waals surface area contributed by atoms with Crippen molar-refractivity contribution in [2.24, 2.45) is 0 Å². The van der Waals surface area contributed by atoms with E-state index in [4.69, 9.17) is 5.11 Å². The van der Waals surface area contributed by atoms with Gasteiger partial charge in [-0.05, 0) is 6.42 Å². The number of aryl methyl sites for hydroxylation is 1. The molecule has 0 aliphatic heterocycles. The monoisotopic (exact) mass is 227 g/mol. The van der Waals surface area contributed by atoms with E-state index < -0.39 is 17.9 Å². The number of carboxylic acid groups (broad SMARTS) is 1. The predicted molar refractivity (Wildman–Crippen MR) is 52.8 cm³/mol. The second kappa shape index (κ2) is 4.73. The molecule has 0 aromatic carbocycles. The van der Waals surface area contributed by atoms with Crippen molar-refractivity contribution in [2.75, 3.05) is 7.05 Å². The van der Waals surface area contributed by atoms with Crippen LogP contribution in [0.3, 0.4) is 0 Å². The number of hydrogen-bond acceptors (Lipinski definition) is 5. The minimum Gasteiger partial charge on any atom is -0.480 e. The molecule has 0 radical (unpaired) electrons. The normalized spacial score (nSPS) is 12.2. The Bertz CT molecular complexity index is 401. The quantitative estimate of drug-likeness (QED) is 0.795. The van der Waals surface area contributed by atoms with Crippen LogP contribution in [0.5, 0.6) is 0 Å². The molecule has 0 saturated carbocycles. The highest BCUT2D eigenvalue weighted by Gasteiger charge is 2.28. The standard InChI is InChI=1S/C9H13N3O4/c1-4-6(9(14)15)12(3)8(13)7-10-5(2)16-11-7/h6H,4H2,1-3H3,(H,14,15). The summed E-state index contributed by atoms with van der Waals surface area (Å²) in [7, 11) is 1.40. The summed E-state index contributed by atoms with van der Waals surface area (Å²) in [5, 5.41) is 12.3. The lowest BCUT2D eigenvalue weighted by Gasteiger charge is -2.21. The minimum atomic E-state index is -1.06. The molecule has 1 aromatic heterocycles. The summed E-state index contributed by atoms with van der Waals surface area (Å²) in [6.45, 7) is 3.24. The van der Waals surface area contributed by atoms with Crippen molar-refractivity contribution in [2.45, 2.75) is 26.3 Å². The highest BCUT2D eigenvalue weighted by Crippen LogP contribution is 2.07. The molecule has 1 unspecified atom stereocenters. The summed E-state index contributed by atoms with van der Waals surface area (Å²) < 4.78 is 4.65. The molecule has 1 rings (SSSR count). The van der Waals surface area contributed by atoms with Gasteiger partial charge in [0.1, 0.15) is 6.04 Å². The molecular weight excluding hydrogens is 214 g/mol. The topological polar surface area (TPSA) is 96.5 Å². The molecule has 0 spiro atoms. The summed E-state index contributed by atoms with van der Waals surface area (Å²) in [4.78, 5) is 27.4. The van der Waals surface area contributed by atoms with Crippen LogP contribution in [0.4, 0.5) is 0 Å². The van der Waals surface area contributed by atoms with E-state index in [1.54, 1.807) is 13.8 Å². The third-order valence-corrected chi connectivity index (χ3v) is 2.18.